The largest absolute Gasteiger partial charge is 0.299 e. The van der Waals surface area contributed by atoms with Crippen LogP contribution in [0.2, 0.25) is 0 Å². The molecule has 1 heteroatoms. The molecule has 0 unspecified atom stereocenters. The molecule has 0 aromatic rings. The minimum Gasteiger partial charge on any atom is -0.299 e. The van der Waals surface area contributed by atoms with Crippen molar-refractivity contribution in [1.82, 2.24) is 0 Å². The first-order chi connectivity index (χ1) is 7.85. The summed E-state index contributed by atoms with van der Waals surface area (Å²) in [5.41, 5.74) is 1.36. The molecule has 0 aliphatic carbocycles. The molecule has 0 saturated heterocycles. The average molecular weight is 224 g/mol. The minimum atomic E-state index is 0.953. The van der Waals surface area contributed by atoms with Crippen LogP contribution in [-0.4, -0.2) is 6.29 Å². The van der Waals surface area contributed by atoms with Gasteiger partial charge in [-0.15, -0.1) is 0 Å². The van der Waals surface area contributed by atoms with E-state index in [1.165, 1.54) is 56.9 Å². The van der Waals surface area contributed by atoms with Crippen molar-refractivity contribution in [2.75, 3.05) is 0 Å². The monoisotopic (exact) mass is 224 g/mol. The molecule has 0 atom stereocenters. The lowest BCUT2D eigenvalue weighted by molar-refractivity contribution is -0.104. The maximum atomic E-state index is 10.5. The van der Waals surface area contributed by atoms with E-state index in [0.717, 1.165) is 19.1 Å². The van der Waals surface area contributed by atoms with E-state index in [4.69, 9.17) is 0 Å². The van der Waals surface area contributed by atoms with E-state index in [0.29, 0.717) is 0 Å². The van der Waals surface area contributed by atoms with Crippen molar-refractivity contribution in [3.8, 4) is 0 Å². The molecule has 0 heterocycles. The van der Waals surface area contributed by atoms with Crippen LogP contribution in [0.1, 0.15) is 78.1 Å². The van der Waals surface area contributed by atoms with Gasteiger partial charge in [0.2, 0.25) is 0 Å². The van der Waals surface area contributed by atoms with Crippen molar-refractivity contribution in [1.29, 1.82) is 0 Å². The fourth-order valence-electron chi connectivity index (χ4n) is 1.95. The number of rotatable bonds is 11. The topological polar surface area (TPSA) is 17.1 Å². The number of carbonyl (C=O) groups is 1. The Hall–Kier alpha value is -0.590. The van der Waals surface area contributed by atoms with E-state index in [-0.39, 0.29) is 0 Å². The Bertz CT molecular complexity index is 168. The van der Waals surface area contributed by atoms with Gasteiger partial charge < -0.3 is 0 Å². The first kappa shape index (κ1) is 15.4. The van der Waals surface area contributed by atoms with Gasteiger partial charge in [-0.25, -0.2) is 0 Å². The van der Waals surface area contributed by atoms with Crippen LogP contribution < -0.4 is 0 Å². The van der Waals surface area contributed by atoms with Crippen LogP contribution in [0.5, 0.6) is 0 Å². The number of hydrogen-bond donors (Lipinski definition) is 0. The fraction of sp³-hybridized carbons (Fsp3) is 0.800. The second-order valence-corrected chi connectivity index (χ2v) is 4.58. The zero-order chi connectivity index (χ0) is 12.1. The summed E-state index contributed by atoms with van der Waals surface area (Å²) in [6.07, 6.45) is 15.3. The number of carbonyl (C=O) groups excluding carboxylic acids is 1. The van der Waals surface area contributed by atoms with Crippen molar-refractivity contribution >= 4 is 6.29 Å². The van der Waals surface area contributed by atoms with Gasteiger partial charge in [0.15, 0.2) is 0 Å². The smallest absolute Gasteiger partial charge is 0.142 e. The quantitative estimate of drug-likeness (QED) is 0.272. The lowest BCUT2D eigenvalue weighted by Gasteiger charge is -2.06. The van der Waals surface area contributed by atoms with Crippen molar-refractivity contribution < 1.29 is 4.79 Å². The third-order valence-electron chi connectivity index (χ3n) is 3.01. The first-order valence-corrected chi connectivity index (χ1v) is 6.98. The molecule has 0 fully saturated rings. The van der Waals surface area contributed by atoms with E-state index >= 15 is 0 Å². The molecule has 94 valence electrons. The Morgan fingerprint density at radius 2 is 1.31 bits per heavy atom. The summed E-state index contributed by atoms with van der Waals surface area (Å²) in [6.45, 7) is 4.46. The molecule has 1 nitrogen and oxygen atoms in total. The standard InChI is InChI=1S/C15H28O/c1-3-5-7-9-11-15(13-14-16)12-10-8-6-4-2/h13-14H,3-12H2,1-2H3. The summed E-state index contributed by atoms with van der Waals surface area (Å²) in [4.78, 5) is 10.5. The van der Waals surface area contributed by atoms with Crippen LogP contribution in [0.25, 0.3) is 0 Å². The van der Waals surface area contributed by atoms with E-state index in [1.807, 2.05) is 0 Å². The van der Waals surface area contributed by atoms with Crippen LogP contribution in [0.15, 0.2) is 11.6 Å². The van der Waals surface area contributed by atoms with Gasteiger partial charge in [-0.2, -0.15) is 0 Å². The maximum Gasteiger partial charge on any atom is 0.142 e. The SMILES string of the molecule is CCCCCCC(=CC=O)CCCCCC. The lowest BCUT2D eigenvalue weighted by Crippen LogP contribution is -1.88. The normalized spacial score (nSPS) is 10.1. The van der Waals surface area contributed by atoms with Crippen LogP contribution in [0, 0.1) is 0 Å². The highest BCUT2D eigenvalue weighted by Gasteiger charge is 1.98. The molecular weight excluding hydrogens is 196 g/mol. The lowest BCUT2D eigenvalue weighted by atomic mass is 10.0. The Morgan fingerprint density at radius 1 is 0.812 bits per heavy atom. The second kappa shape index (κ2) is 12.5. The third-order valence-corrected chi connectivity index (χ3v) is 3.01. The molecule has 0 radical (unpaired) electrons. The Morgan fingerprint density at radius 3 is 1.69 bits per heavy atom. The molecule has 0 saturated carbocycles. The Labute approximate surface area is 101 Å². The van der Waals surface area contributed by atoms with Crippen molar-refractivity contribution in [2.45, 2.75) is 78.1 Å². The van der Waals surface area contributed by atoms with Crippen LogP contribution in [0.3, 0.4) is 0 Å². The molecule has 16 heavy (non-hydrogen) atoms. The van der Waals surface area contributed by atoms with Crippen molar-refractivity contribution in [3.63, 3.8) is 0 Å². The van der Waals surface area contributed by atoms with E-state index in [9.17, 15) is 4.79 Å². The van der Waals surface area contributed by atoms with Crippen LogP contribution in [-0.2, 0) is 4.79 Å². The summed E-state index contributed by atoms with van der Waals surface area (Å²) in [6, 6.07) is 0. The predicted molar refractivity (Wildman–Crippen MR) is 71.7 cm³/mol. The van der Waals surface area contributed by atoms with Gasteiger partial charge in [0, 0.05) is 0 Å². The van der Waals surface area contributed by atoms with Crippen molar-refractivity contribution in [3.05, 3.63) is 11.6 Å². The zero-order valence-corrected chi connectivity index (χ0v) is 11.1. The maximum absolute atomic E-state index is 10.5. The molecule has 0 N–H and O–H groups in total. The van der Waals surface area contributed by atoms with Gasteiger partial charge in [0.05, 0.1) is 0 Å². The van der Waals surface area contributed by atoms with Gasteiger partial charge in [0.25, 0.3) is 0 Å². The first-order valence-electron chi connectivity index (χ1n) is 6.98. The summed E-state index contributed by atoms with van der Waals surface area (Å²) in [5, 5.41) is 0. The van der Waals surface area contributed by atoms with Gasteiger partial charge >= 0.3 is 0 Å². The summed E-state index contributed by atoms with van der Waals surface area (Å²) < 4.78 is 0. The molecule has 0 amide bonds. The van der Waals surface area contributed by atoms with Crippen LogP contribution >= 0.6 is 0 Å². The number of aldehydes is 1. The van der Waals surface area contributed by atoms with E-state index in [2.05, 4.69) is 13.8 Å². The van der Waals surface area contributed by atoms with Gasteiger partial charge in [0.1, 0.15) is 6.29 Å². The molecule has 0 aromatic carbocycles. The number of unbranched alkanes of at least 4 members (excludes halogenated alkanes) is 6. The van der Waals surface area contributed by atoms with Gasteiger partial charge in [-0.05, 0) is 31.8 Å². The molecule has 0 aliphatic heterocycles. The third kappa shape index (κ3) is 9.95. The average Bonchev–Trinajstić information content (AvgIpc) is 2.30. The molecule has 0 aromatic heterocycles. The highest BCUT2D eigenvalue weighted by Crippen LogP contribution is 2.16. The second-order valence-electron chi connectivity index (χ2n) is 4.58. The molecule has 0 aliphatic rings. The van der Waals surface area contributed by atoms with E-state index in [1.54, 1.807) is 6.08 Å². The van der Waals surface area contributed by atoms with Gasteiger partial charge in [-0.1, -0.05) is 57.9 Å². The molecular formula is C15H28O. The summed E-state index contributed by atoms with van der Waals surface area (Å²) >= 11 is 0. The summed E-state index contributed by atoms with van der Waals surface area (Å²) in [5.74, 6) is 0. The highest BCUT2D eigenvalue weighted by molar-refractivity contribution is 5.66. The number of allylic oxidation sites excluding steroid dienone is 2. The molecule has 0 bridgehead atoms. The fourth-order valence-corrected chi connectivity index (χ4v) is 1.95. The minimum absolute atomic E-state index is 0.953. The van der Waals surface area contributed by atoms with Crippen molar-refractivity contribution in [2.24, 2.45) is 0 Å². The predicted octanol–water partition coefficient (Wildman–Crippen LogP) is 5.05. The molecule has 0 rings (SSSR count). The number of hydrogen-bond acceptors (Lipinski definition) is 1. The zero-order valence-electron chi connectivity index (χ0n) is 11.1. The Kier molecular flexibility index (Phi) is 12.0. The van der Waals surface area contributed by atoms with Gasteiger partial charge in [-0.3, -0.25) is 4.79 Å². The highest BCUT2D eigenvalue weighted by atomic mass is 16.1. The molecule has 0 spiro atoms. The Balaban J connectivity index is 3.63. The van der Waals surface area contributed by atoms with Crippen LogP contribution in [0.4, 0.5) is 0 Å². The van der Waals surface area contributed by atoms with E-state index < -0.39 is 0 Å². The summed E-state index contributed by atoms with van der Waals surface area (Å²) in [7, 11) is 0.